The number of esters is 1. The predicted molar refractivity (Wildman–Crippen MR) is 92.7 cm³/mol. The van der Waals surface area contributed by atoms with Crippen LogP contribution < -0.4 is 5.73 Å². The fourth-order valence-electron chi connectivity index (χ4n) is 3.15. The Labute approximate surface area is 142 Å². The van der Waals surface area contributed by atoms with Crippen molar-refractivity contribution in [1.82, 2.24) is 19.2 Å². The van der Waals surface area contributed by atoms with Crippen LogP contribution in [0.15, 0.2) is 18.3 Å². The van der Waals surface area contributed by atoms with Crippen LogP contribution in [0.3, 0.4) is 0 Å². The number of fused-ring (bicyclic) bond motifs is 1. The zero-order chi connectivity index (χ0) is 17.1. The summed E-state index contributed by atoms with van der Waals surface area (Å²) in [5, 5.41) is 0. The summed E-state index contributed by atoms with van der Waals surface area (Å²) >= 11 is 0. The van der Waals surface area contributed by atoms with Crippen LogP contribution in [-0.4, -0.2) is 65.0 Å². The lowest BCUT2D eigenvalue weighted by Crippen LogP contribution is -2.45. The van der Waals surface area contributed by atoms with Gasteiger partial charge in [-0.25, -0.2) is 4.98 Å². The number of aromatic nitrogens is 2. The molecule has 3 heterocycles. The van der Waals surface area contributed by atoms with Crippen LogP contribution in [0.2, 0.25) is 0 Å². The van der Waals surface area contributed by atoms with Gasteiger partial charge < -0.3 is 19.8 Å². The van der Waals surface area contributed by atoms with E-state index in [0.717, 1.165) is 56.3 Å². The van der Waals surface area contributed by atoms with Gasteiger partial charge in [-0.1, -0.05) is 6.92 Å². The molecule has 7 nitrogen and oxygen atoms in total. The van der Waals surface area contributed by atoms with E-state index >= 15 is 0 Å². The fraction of sp³-hybridized carbons (Fsp3) is 0.529. The molecule has 1 saturated heterocycles. The SMILES string of the molecule is CCN1CCN(Cc2c(CC(=O)OC)nc3ccc(N)cn23)CC1. The van der Waals surface area contributed by atoms with Gasteiger partial charge in [0.05, 0.1) is 24.9 Å². The van der Waals surface area contributed by atoms with E-state index < -0.39 is 0 Å². The van der Waals surface area contributed by atoms with Gasteiger partial charge in [-0.3, -0.25) is 9.69 Å². The average Bonchev–Trinajstić information content (AvgIpc) is 2.92. The van der Waals surface area contributed by atoms with E-state index in [1.807, 2.05) is 22.7 Å². The van der Waals surface area contributed by atoms with E-state index in [9.17, 15) is 4.79 Å². The third kappa shape index (κ3) is 3.52. The Kier molecular flexibility index (Phi) is 5.01. The number of piperazine rings is 1. The van der Waals surface area contributed by atoms with Crippen molar-refractivity contribution < 1.29 is 9.53 Å². The second kappa shape index (κ2) is 7.19. The summed E-state index contributed by atoms with van der Waals surface area (Å²) in [5.74, 6) is -0.275. The van der Waals surface area contributed by atoms with Gasteiger partial charge in [-0.05, 0) is 18.7 Å². The quantitative estimate of drug-likeness (QED) is 0.816. The molecule has 1 fully saturated rings. The second-order valence-corrected chi connectivity index (χ2v) is 6.16. The molecule has 2 N–H and O–H groups in total. The minimum atomic E-state index is -0.275. The predicted octanol–water partition coefficient (Wildman–Crippen LogP) is 0.769. The molecule has 0 saturated carbocycles. The number of methoxy groups -OCH3 is 1. The molecule has 24 heavy (non-hydrogen) atoms. The summed E-state index contributed by atoms with van der Waals surface area (Å²) in [4.78, 5) is 21.2. The first-order valence-corrected chi connectivity index (χ1v) is 8.37. The van der Waals surface area contributed by atoms with Crippen molar-refractivity contribution in [3.63, 3.8) is 0 Å². The first kappa shape index (κ1) is 16.7. The van der Waals surface area contributed by atoms with E-state index in [-0.39, 0.29) is 12.4 Å². The third-order valence-electron chi connectivity index (χ3n) is 4.65. The summed E-state index contributed by atoms with van der Waals surface area (Å²) < 4.78 is 6.81. The Morgan fingerprint density at radius 2 is 1.96 bits per heavy atom. The van der Waals surface area contributed by atoms with Crippen LogP contribution in [0.5, 0.6) is 0 Å². The maximum Gasteiger partial charge on any atom is 0.311 e. The van der Waals surface area contributed by atoms with Gasteiger partial charge in [-0.2, -0.15) is 0 Å². The van der Waals surface area contributed by atoms with Crippen molar-refractivity contribution in [2.24, 2.45) is 0 Å². The molecule has 0 aromatic carbocycles. The van der Waals surface area contributed by atoms with Gasteiger partial charge in [0.1, 0.15) is 5.65 Å². The molecule has 0 aliphatic carbocycles. The first-order valence-electron chi connectivity index (χ1n) is 8.37. The van der Waals surface area contributed by atoms with Gasteiger partial charge >= 0.3 is 5.97 Å². The van der Waals surface area contributed by atoms with Crippen LogP contribution >= 0.6 is 0 Å². The Hall–Kier alpha value is -2.12. The van der Waals surface area contributed by atoms with Crippen molar-refractivity contribution in [1.29, 1.82) is 0 Å². The zero-order valence-electron chi connectivity index (χ0n) is 14.4. The highest BCUT2D eigenvalue weighted by Gasteiger charge is 2.21. The number of imidazole rings is 1. The minimum Gasteiger partial charge on any atom is -0.469 e. The molecule has 2 aromatic heterocycles. The van der Waals surface area contributed by atoms with Gasteiger partial charge in [-0.15, -0.1) is 0 Å². The first-order chi connectivity index (χ1) is 11.6. The molecule has 2 aromatic rings. The molecule has 1 aliphatic rings. The average molecular weight is 331 g/mol. The van der Waals surface area contributed by atoms with E-state index in [1.54, 1.807) is 0 Å². The minimum absolute atomic E-state index is 0.183. The molecule has 0 bridgehead atoms. The van der Waals surface area contributed by atoms with Crippen molar-refractivity contribution in [2.75, 3.05) is 45.6 Å². The van der Waals surface area contributed by atoms with Gasteiger partial charge in [0.2, 0.25) is 0 Å². The molecule has 0 unspecified atom stereocenters. The van der Waals surface area contributed by atoms with E-state index in [1.165, 1.54) is 7.11 Å². The number of nitrogens with two attached hydrogens (primary N) is 1. The maximum atomic E-state index is 11.7. The topological polar surface area (TPSA) is 76.1 Å². The lowest BCUT2D eigenvalue weighted by atomic mass is 10.2. The Morgan fingerprint density at radius 3 is 2.62 bits per heavy atom. The van der Waals surface area contributed by atoms with Gasteiger partial charge in [0.15, 0.2) is 0 Å². The normalized spacial score (nSPS) is 16.6. The zero-order valence-corrected chi connectivity index (χ0v) is 14.4. The highest BCUT2D eigenvalue weighted by Crippen LogP contribution is 2.19. The third-order valence-corrected chi connectivity index (χ3v) is 4.65. The molecule has 0 radical (unpaired) electrons. The van der Waals surface area contributed by atoms with Crippen LogP contribution in [-0.2, 0) is 22.5 Å². The summed E-state index contributed by atoms with van der Waals surface area (Å²) in [7, 11) is 1.40. The number of rotatable bonds is 5. The standard InChI is InChI=1S/C17H25N5O2/c1-3-20-6-8-21(9-7-20)12-15-14(10-17(23)24-2)19-16-5-4-13(18)11-22(15)16/h4-5,11H,3,6-10,12,18H2,1-2H3. The van der Waals surface area contributed by atoms with Crippen LogP contribution in [0.4, 0.5) is 5.69 Å². The summed E-state index contributed by atoms with van der Waals surface area (Å²) in [6, 6.07) is 3.71. The van der Waals surface area contributed by atoms with Crippen molar-refractivity contribution >= 4 is 17.3 Å². The number of hydrogen-bond acceptors (Lipinski definition) is 6. The van der Waals surface area contributed by atoms with Crippen LogP contribution in [0, 0.1) is 0 Å². The number of anilines is 1. The number of pyridine rings is 1. The summed E-state index contributed by atoms with van der Waals surface area (Å²) in [6.45, 7) is 8.21. The molecule has 130 valence electrons. The Balaban J connectivity index is 1.87. The monoisotopic (exact) mass is 331 g/mol. The van der Waals surface area contributed by atoms with Crippen LogP contribution in [0.1, 0.15) is 18.3 Å². The molecule has 0 amide bonds. The molecular formula is C17H25N5O2. The highest BCUT2D eigenvalue weighted by atomic mass is 16.5. The largest absolute Gasteiger partial charge is 0.469 e. The molecular weight excluding hydrogens is 306 g/mol. The fourth-order valence-corrected chi connectivity index (χ4v) is 3.15. The number of carbonyl (C=O) groups excluding carboxylic acids is 1. The lowest BCUT2D eigenvalue weighted by Gasteiger charge is -2.34. The highest BCUT2D eigenvalue weighted by molar-refractivity contribution is 5.72. The van der Waals surface area contributed by atoms with Crippen molar-refractivity contribution in [3.8, 4) is 0 Å². The van der Waals surface area contributed by atoms with E-state index in [4.69, 9.17) is 10.5 Å². The molecule has 0 atom stereocenters. The van der Waals surface area contributed by atoms with Crippen molar-refractivity contribution in [3.05, 3.63) is 29.7 Å². The number of nitrogens with zero attached hydrogens (tertiary/aromatic N) is 4. The number of hydrogen-bond donors (Lipinski definition) is 1. The number of ether oxygens (including phenoxy) is 1. The molecule has 1 aliphatic heterocycles. The summed E-state index contributed by atoms with van der Waals surface area (Å²) in [5.41, 5.74) is 9.22. The number of nitrogen functional groups attached to an aromatic ring is 1. The second-order valence-electron chi connectivity index (χ2n) is 6.16. The number of carbonyl (C=O) groups is 1. The smallest absolute Gasteiger partial charge is 0.311 e. The van der Waals surface area contributed by atoms with Crippen LogP contribution in [0.25, 0.3) is 5.65 Å². The lowest BCUT2D eigenvalue weighted by molar-refractivity contribution is -0.139. The molecule has 7 heteroatoms. The van der Waals surface area contributed by atoms with E-state index in [0.29, 0.717) is 5.69 Å². The van der Waals surface area contributed by atoms with Gasteiger partial charge in [0, 0.05) is 44.6 Å². The van der Waals surface area contributed by atoms with Gasteiger partial charge in [0.25, 0.3) is 0 Å². The van der Waals surface area contributed by atoms with E-state index in [2.05, 4.69) is 21.7 Å². The number of likely N-dealkylation sites (N-methyl/N-ethyl adjacent to an activating group) is 1. The Morgan fingerprint density at radius 1 is 1.25 bits per heavy atom. The summed E-state index contributed by atoms with van der Waals surface area (Å²) in [6.07, 6.45) is 2.06. The maximum absolute atomic E-state index is 11.7. The molecule has 3 rings (SSSR count). The van der Waals surface area contributed by atoms with Crippen molar-refractivity contribution in [2.45, 2.75) is 19.9 Å². The molecule has 0 spiro atoms. The Bertz CT molecular complexity index is 719.